The molecule has 1 saturated heterocycles. The number of rotatable bonds is 6. The fourth-order valence-electron chi connectivity index (χ4n) is 3.40. The molecule has 0 spiro atoms. The van der Waals surface area contributed by atoms with E-state index in [1.165, 1.54) is 11.0 Å². The Morgan fingerprint density at radius 1 is 1.16 bits per heavy atom. The summed E-state index contributed by atoms with van der Waals surface area (Å²) in [4.78, 5) is 30.0. The molecule has 0 saturated carbocycles. The fourth-order valence-corrected chi connectivity index (χ4v) is 3.40. The van der Waals surface area contributed by atoms with Crippen LogP contribution in [0.4, 0.5) is 14.9 Å². The van der Waals surface area contributed by atoms with Crippen molar-refractivity contribution in [3.8, 4) is 0 Å². The molecule has 3 amide bonds. The fraction of sp³-hybridized carbons (Fsp3) is 0.273. The molecular formula is C22H22FN5O3. The highest BCUT2D eigenvalue weighted by Gasteiger charge is 2.35. The predicted molar refractivity (Wildman–Crippen MR) is 111 cm³/mol. The molecule has 31 heavy (non-hydrogen) atoms. The topological polar surface area (TPSA) is 100 Å². The van der Waals surface area contributed by atoms with E-state index in [9.17, 15) is 14.0 Å². The van der Waals surface area contributed by atoms with Crippen LogP contribution in [0, 0.1) is 12.7 Å². The maximum atomic E-state index is 14.0. The van der Waals surface area contributed by atoms with Crippen LogP contribution in [0.5, 0.6) is 0 Å². The van der Waals surface area contributed by atoms with Crippen molar-refractivity contribution in [2.75, 3.05) is 11.4 Å². The van der Waals surface area contributed by atoms with Gasteiger partial charge in [0.15, 0.2) is 5.82 Å². The number of amides is 3. The largest absolute Gasteiger partial charge is 0.337 e. The van der Waals surface area contributed by atoms with Crippen LogP contribution in [-0.2, 0) is 17.9 Å². The van der Waals surface area contributed by atoms with Gasteiger partial charge in [-0.2, -0.15) is 4.98 Å². The van der Waals surface area contributed by atoms with Gasteiger partial charge in [0.05, 0.1) is 12.2 Å². The molecule has 1 aliphatic rings. The van der Waals surface area contributed by atoms with Crippen molar-refractivity contribution in [1.82, 2.24) is 20.8 Å². The Bertz CT molecular complexity index is 1080. The van der Waals surface area contributed by atoms with E-state index < -0.39 is 5.82 Å². The minimum absolute atomic E-state index is 0.0599. The Morgan fingerprint density at radius 2 is 1.90 bits per heavy atom. The lowest BCUT2D eigenvalue weighted by Gasteiger charge is -2.16. The van der Waals surface area contributed by atoms with E-state index in [1.807, 2.05) is 31.2 Å². The Hall–Kier alpha value is -3.75. The quantitative estimate of drug-likeness (QED) is 0.635. The first-order valence-corrected chi connectivity index (χ1v) is 9.94. The summed E-state index contributed by atoms with van der Waals surface area (Å²) in [5.41, 5.74) is 2.39. The average molecular weight is 423 g/mol. The number of nitrogens with zero attached hydrogens (tertiary/aromatic N) is 3. The van der Waals surface area contributed by atoms with Crippen molar-refractivity contribution in [3.05, 3.63) is 77.2 Å². The van der Waals surface area contributed by atoms with E-state index in [2.05, 4.69) is 20.8 Å². The number of aryl methyl sites for hydroxylation is 1. The molecule has 0 aliphatic carbocycles. The first kappa shape index (κ1) is 20.5. The zero-order valence-electron chi connectivity index (χ0n) is 17.0. The van der Waals surface area contributed by atoms with Gasteiger partial charge in [-0.05, 0) is 24.6 Å². The summed E-state index contributed by atoms with van der Waals surface area (Å²) in [5, 5.41) is 9.35. The molecule has 0 bridgehead atoms. The molecule has 3 aromatic rings. The number of para-hydroxylation sites is 1. The van der Waals surface area contributed by atoms with Crippen LogP contribution in [0.3, 0.4) is 0 Å². The third-order valence-electron chi connectivity index (χ3n) is 5.09. The van der Waals surface area contributed by atoms with Crippen LogP contribution >= 0.6 is 0 Å². The van der Waals surface area contributed by atoms with Crippen molar-refractivity contribution in [3.63, 3.8) is 0 Å². The molecule has 2 heterocycles. The number of benzene rings is 2. The summed E-state index contributed by atoms with van der Waals surface area (Å²) >= 11 is 0. The normalized spacial score (nSPS) is 15.9. The highest BCUT2D eigenvalue weighted by atomic mass is 19.1. The standard InChI is InChI=1S/C22H22FN5O3/c1-14-6-8-15(9-7-14)11-24-22(30)25-12-19-26-21(27-31-19)16-10-20(29)28(13-16)18-5-3-2-4-17(18)23/h2-9,16H,10-13H2,1H3,(H2,24,25,30). The summed E-state index contributed by atoms with van der Waals surface area (Å²) < 4.78 is 19.2. The van der Waals surface area contributed by atoms with Crippen LogP contribution in [-0.4, -0.2) is 28.6 Å². The van der Waals surface area contributed by atoms with Gasteiger partial charge in [0.25, 0.3) is 0 Å². The van der Waals surface area contributed by atoms with E-state index in [1.54, 1.807) is 18.2 Å². The van der Waals surface area contributed by atoms with Crippen LogP contribution < -0.4 is 15.5 Å². The minimum atomic E-state index is -0.453. The number of anilines is 1. The van der Waals surface area contributed by atoms with Crippen LogP contribution in [0.25, 0.3) is 0 Å². The van der Waals surface area contributed by atoms with Gasteiger partial charge in [0, 0.05) is 25.4 Å². The van der Waals surface area contributed by atoms with E-state index >= 15 is 0 Å². The molecule has 1 fully saturated rings. The summed E-state index contributed by atoms with van der Waals surface area (Å²) in [5.74, 6) is -0.359. The number of nitrogens with one attached hydrogen (secondary N) is 2. The van der Waals surface area contributed by atoms with Crippen molar-refractivity contribution in [2.45, 2.75) is 32.4 Å². The second kappa shape index (κ2) is 8.95. The van der Waals surface area contributed by atoms with E-state index in [-0.39, 0.29) is 48.9 Å². The third-order valence-corrected chi connectivity index (χ3v) is 5.09. The lowest BCUT2D eigenvalue weighted by Crippen LogP contribution is -2.34. The lowest BCUT2D eigenvalue weighted by molar-refractivity contribution is -0.117. The molecule has 0 radical (unpaired) electrons. The number of urea groups is 1. The molecule has 2 aromatic carbocycles. The Balaban J connectivity index is 1.29. The molecular weight excluding hydrogens is 401 g/mol. The van der Waals surface area contributed by atoms with Gasteiger partial charge in [-0.3, -0.25) is 4.79 Å². The van der Waals surface area contributed by atoms with Gasteiger partial charge in [0.2, 0.25) is 11.8 Å². The third kappa shape index (κ3) is 4.88. The SMILES string of the molecule is Cc1ccc(CNC(=O)NCc2nc(C3CC(=O)N(c4ccccc4F)C3)no2)cc1. The number of aromatic nitrogens is 2. The van der Waals surface area contributed by atoms with Crippen molar-refractivity contribution >= 4 is 17.6 Å². The number of hydrogen-bond acceptors (Lipinski definition) is 5. The summed E-state index contributed by atoms with van der Waals surface area (Å²) in [6.45, 7) is 2.73. The van der Waals surface area contributed by atoms with Crippen LogP contribution in [0.15, 0.2) is 53.1 Å². The molecule has 2 N–H and O–H groups in total. The van der Waals surface area contributed by atoms with Gasteiger partial charge in [-0.15, -0.1) is 0 Å². The number of halogens is 1. The van der Waals surface area contributed by atoms with Crippen molar-refractivity contribution < 1.29 is 18.5 Å². The van der Waals surface area contributed by atoms with E-state index in [0.717, 1.165) is 11.1 Å². The summed E-state index contributed by atoms with van der Waals surface area (Å²) in [7, 11) is 0. The summed E-state index contributed by atoms with van der Waals surface area (Å²) in [6.07, 6.45) is 0.164. The second-order valence-corrected chi connectivity index (χ2v) is 7.42. The molecule has 8 nitrogen and oxygen atoms in total. The van der Waals surface area contributed by atoms with Crippen molar-refractivity contribution in [1.29, 1.82) is 0 Å². The number of hydrogen-bond donors (Lipinski definition) is 2. The van der Waals surface area contributed by atoms with Crippen LogP contribution in [0.1, 0.15) is 35.2 Å². The highest BCUT2D eigenvalue weighted by molar-refractivity contribution is 5.96. The monoisotopic (exact) mass is 423 g/mol. The Labute approximate surface area is 178 Å². The highest BCUT2D eigenvalue weighted by Crippen LogP contribution is 2.31. The minimum Gasteiger partial charge on any atom is -0.337 e. The molecule has 9 heteroatoms. The van der Waals surface area contributed by atoms with Gasteiger partial charge in [0.1, 0.15) is 5.82 Å². The Kier molecular flexibility index (Phi) is 5.92. The first-order valence-electron chi connectivity index (χ1n) is 9.94. The van der Waals surface area contributed by atoms with E-state index in [0.29, 0.717) is 12.4 Å². The van der Waals surface area contributed by atoms with Gasteiger partial charge >= 0.3 is 6.03 Å². The molecule has 1 atom stereocenters. The first-order chi connectivity index (χ1) is 15.0. The maximum Gasteiger partial charge on any atom is 0.315 e. The maximum absolute atomic E-state index is 14.0. The van der Waals surface area contributed by atoms with Gasteiger partial charge < -0.3 is 20.1 Å². The molecule has 160 valence electrons. The Morgan fingerprint density at radius 3 is 2.68 bits per heavy atom. The average Bonchev–Trinajstić information content (AvgIpc) is 3.39. The molecule has 1 aromatic heterocycles. The number of carbonyl (C=O) groups excluding carboxylic acids is 2. The van der Waals surface area contributed by atoms with Crippen molar-refractivity contribution in [2.24, 2.45) is 0 Å². The van der Waals surface area contributed by atoms with Gasteiger partial charge in [-0.25, -0.2) is 9.18 Å². The molecule has 4 rings (SSSR count). The zero-order valence-corrected chi connectivity index (χ0v) is 17.0. The summed E-state index contributed by atoms with van der Waals surface area (Å²) in [6, 6.07) is 13.6. The number of carbonyl (C=O) groups is 2. The lowest BCUT2D eigenvalue weighted by atomic mass is 10.1. The van der Waals surface area contributed by atoms with E-state index in [4.69, 9.17) is 4.52 Å². The zero-order chi connectivity index (χ0) is 21.8. The molecule has 1 unspecified atom stereocenters. The van der Waals surface area contributed by atoms with Gasteiger partial charge in [-0.1, -0.05) is 47.1 Å². The van der Waals surface area contributed by atoms with Crippen LogP contribution in [0.2, 0.25) is 0 Å². The predicted octanol–water partition coefficient (Wildman–Crippen LogP) is 3.04. The smallest absolute Gasteiger partial charge is 0.315 e. The second-order valence-electron chi connectivity index (χ2n) is 7.42. The molecule has 1 aliphatic heterocycles.